The Bertz CT molecular complexity index is 606. The number of aliphatic hydroxyl groups excluding tert-OH is 1. The first-order valence-electron chi connectivity index (χ1n) is 13.1. The molecule has 0 spiro atoms. The highest BCUT2D eigenvalue weighted by molar-refractivity contribution is 7.69. The van der Waals surface area contributed by atoms with E-state index in [0.29, 0.717) is 0 Å². The van der Waals surface area contributed by atoms with Crippen molar-refractivity contribution in [2.24, 2.45) is 23.7 Å². The van der Waals surface area contributed by atoms with Gasteiger partial charge in [0.1, 0.15) is 7.49 Å². The Morgan fingerprint density at radius 1 is 1.10 bits per heavy atom. The van der Waals surface area contributed by atoms with Gasteiger partial charge in [-0.2, -0.15) is 0 Å². The van der Waals surface area contributed by atoms with Crippen LogP contribution in [0.15, 0.2) is 23.8 Å². The third-order valence-corrected chi connectivity index (χ3v) is 11.0. The molecule has 3 aliphatic rings. The predicted octanol–water partition coefficient (Wildman–Crippen LogP) is 6.13. The third-order valence-electron chi connectivity index (χ3n) is 8.66. The molecule has 1 heterocycles. The number of nitrogens with zero attached hydrogens (tertiary/aromatic N) is 1. The summed E-state index contributed by atoms with van der Waals surface area (Å²) >= 11 is 0. The summed E-state index contributed by atoms with van der Waals surface area (Å²) in [6.45, 7) is 14.7. The molecule has 0 amide bonds. The van der Waals surface area contributed by atoms with Crippen LogP contribution in [0.1, 0.15) is 78.1 Å². The highest BCUT2D eigenvalue weighted by Crippen LogP contribution is 2.51. The molecule has 5 unspecified atom stereocenters. The predicted molar refractivity (Wildman–Crippen MR) is 136 cm³/mol. The molecule has 2 aliphatic carbocycles. The number of rotatable bonds is 5. The number of hydrogen-bond acceptors (Lipinski definition) is 3. The molecule has 4 heteroatoms. The number of hydrogen-bond donors (Lipinski definition) is 2. The van der Waals surface area contributed by atoms with E-state index in [-0.39, 0.29) is 6.10 Å². The minimum atomic E-state index is -1.58. The Kier molecular flexibility index (Phi) is 9.65. The molecular formula is C27H49NO2P+. The molecule has 0 aromatic carbocycles. The van der Waals surface area contributed by atoms with Gasteiger partial charge in [0.15, 0.2) is 0 Å². The van der Waals surface area contributed by atoms with Crippen molar-refractivity contribution in [2.45, 2.75) is 84.2 Å². The average molecular weight is 451 g/mol. The number of allylic oxidation sites excluding steroid dienone is 1. The fourth-order valence-electron chi connectivity index (χ4n) is 6.33. The van der Waals surface area contributed by atoms with Gasteiger partial charge in [0.2, 0.25) is 0 Å². The summed E-state index contributed by atoms with van der Waals surface area (Å²) in [6, 6.07) is 0. The lowest BCUT2D eigenvalue weighted by Gasteiger charge is -2.36. The smallest absolute Gasteiger partial charge is 0.141 e. The van der Waals surface area contributed by atoms with Crippen LogP contribution in [0.25, 0.3) is 0 Å². The van der Waals surface area contributed by atoms with Crippen molar-refractivity contribution in [3.63, 3.8) is 0 Å². The van der Waals surface area contributed by atoms with Crippen molar-refractivity contribution >= 4 is 7.49 Å². The first-order chi connectivity index (χ1) is 14.7. The fraction of sp³-hybridized carbons (Fsp3) is 0.852. The third kappa shape index (κ3) is 7.66. The van der Waals surface area contributed by atoms with E-state index in [1.54, 1.807) is 0 Å². The summed E-state index contributed by atoms with van der Waals surface area (Å²) in [6.07, 6.45) is 16.6. The summed E-state index contributed by atoms with van der Waals surface area (Å²) in [4.78, 5) is 13.0. The lowest BCUT2D eigenvalue weighted by atomic mass is 9.78. The van der Waals surface area contributed by atoms with Crippen molar-refractivity contribution in [1.29, 1.82) is 0 Å². The van der Waals surface area contributed by atoms with E-state index in [9.17, 15) is 10.00 Å². The van der Waals surface area contributed by atoms with Gasteiger partial charge >= 0.3 is 0 Å². The van der Waals surface area contributed by atoms with Gasteiger partial charge in [0.25, 0.3) is 0 Å². The molecule has 5 atom stereocenters. The Hall–Kier alpha value is -0.210. The van der Waals surface area contributed by atoms with E-state index in [2.05, 4.69) is 38.1 Å². The summed E-state index contributed by atoms with van der Waals surface area (Å²) in [5, 5.41) is 10.1. The lowest BCUT2D eigenvalue weighted by Crippen LogP contribution is -2.41. The quantitative estimate of drug-likeness (QED) is 0.495. The average Bonchev–Trinajstić information content (AvgIpc) is 2.81. The molecule has 0 bridgehead atoms. The van der Waals surface area contributed by atoms with Gasteiger partial charge in [-0.1, -0.05) is 58.6 Å². The Morgan fingerprint density at radius 3 is 2.48 bits per heavy atom. The van der Waals surface area contributed by atoms with Crippen molar-refractivity contribution in [3.05, 3.63) is 23.8 Å². The molecule has 1 aliphatic heterocycles. The molecule has 31 heavy (non-hydrogen) atoms. The second-order valence-corrected chi connectivity index (χ2v) is 14.9. The van der Waals surface area contributed by atoms with E-state index in [0.717, 1.165) is 73.9 Å². The van der Waals surface area contributed by atoms with Crippen molar-refractivity contribution in [1.82, 2.24) is 4.90 Å². The standard InChI is InChI=1S/C27H49NO2P/c1-21-8-5-9-24(14-15-25-11-7-13-27(29)23(25)3)10-6-12-26(21)22(2)20-28-16-18-31(4,30)19-17-28/h15,21-22,24,26-27,29-30H,3,5-14,16-20H2,1-2,4H3/q+1/b25-15-. The molecule has 3 rings (SSSR count). The first kappa shape index (κ1) is 25.4. The molecular weight excluding hydrogens is 401 g/mol. The first-order valence-corrected chi connectivity index (χ1v) is 15.7. The van der Waals surface area contributed by atoms with E-state index < -0.39 is 7.49 Å². The van der Waals surface area contributed by atoms with Gasteiger partial charge in [-0.25, -0.2) is 0 Å². The molecule has 1 saturated heterocycles. The highest BCUT2D eigenvalue weighted by atomic mass is 31.2. The minimum absolute atomic E-state index is 0.309. The van der Waals surface area contributed by atoms with Crippen LogP contribution in [0.3, 0.4) is 0 Å². The van der Waals surface area contributed by atoms with E-state index in [1.807, 2.05) is 0 Å². The van der Waals surface area contributed by atoms with Crippen molar-refractivity contribution < 1.29 is 10.00 Å². The topological polar surface area (TPSA) is 43.7 Å². The second-order valence-electron chi connectivity index (χ2n) is 11.3. The maximum absolute atomic E-state index is 10.4. The highest BCUT2D eigenvalue weighted by Gasteiger charge is 2.36. The zero-order chi connectivity index (χ0) is 22.4. The van der Waals surface area contributed by atoms with Gasteiger partial charge < -0.3 is 5.11 Å². The minimum Gasteiger partial charge on any atom is -0.388 e. The van der Waals surface area contributed by atoms with Crippen molar-refractivity contribution in [2.75, 3.05) is 38.6 Å². The molecule has 0 aromatic heterocycles. The monoisotopic (exact) mass is 450 g/mol. The summed E-state index contributed by atoms with van der Waals surface area (Å²) < 4.78 is 0. The van der Waals surface area contributed by atoms with Crippen LogP contribution >= 0.6 is 7.49 Å². The van der Waals surface area contributed by atoms with Gasteiger partial charge in [-0.05, 0) is 66.9 Å². The number of aliphatic hydroxyl groups is 1. The van der Waals surface area contributed by atoms with Crippen molar-refractivity contribution in [3.8, 4) is 0 Å². The van der Waals surface area contributed by atoms with Crippen LogP contribution in [0.4, 0.5) is 0 Å². The molecule has 178 valence electrons. The van der Waals surface area contributed by atoms with Crippen LogP contribution in [0, 0.1) is 23.7 Å². The SMILES string of the molecule is C=C1/C(=C\CC2CCCC(C)C(C(C)CN3CC[P+](C)(O)CC3)CCC2)CCCC1O. The fourth-order valence-corrected chi connectivity index (χ4v) is 7.99. The van der Waals surface area contributed by atoms with Gasteiger partial charge in [-0.15, -0.1) is 0 Å². The maximum atomic E-state index is 10.4. The summed E-state index contributed by atoms with van der Waals surface area (Å²) in [5.41, 5.74) is 2.32. The largest absolute Gasteiger partial charge is 0.388 e. The molecule has 2 N–H and O–H groups in total. The Morgan fingerprint density at radius 2 is 1.77 bits per heavy atom. The maximum Gasteiger partial charge on any atom is 0.141 e. The van der Waals surface area contributed by atoms with Gasteiger partial charge in [0.05, 0.1) is 25.1 Å². The van der Waals surface area contributed by atoms with Gasteiger partial charge in [0, 0.05) is 19.6 Å². The zero-order valence-corrected chi connectivity index (χ0v) is 21.5. The van der Waals surface area contributed by atoms with Crippen LogP contribution in [0.2, 0.25) is 0 Å². The zero-order valence-electron chi connectivity index (χ0n) is 20.6. The van der Waals surface area contributed by atoms with Gasteiger partial charge in [-0.3, -0.25) is 9.79 Å². The van der Waals surface area contributed by atoms with Crippen LogP contribution < -0.4 is 0 Å². The molecule has 0 radical (unpaired) electrons. The van der Waals surface area contributed by atoms with Crippen LogP contribution in [-0.4, -0.2) is 59.6 Å². The van der Waals surface area contributed by atoms with E-state index in [1.165, 1.54) is 57.1 Å². The summed E-state index contributed by atoms with van der Waals surface area (Å²) in [5.74, 6) is 3.21. The van der Waals surface area contributed by atoms with Crippen LogP contribution in [-0.2, 0) is 0 Å². The molecule has 3 nitrogen and oxygen atoms in total. The Balaban J connectivity index is 1.49. The van der Waals surface area contributed by atoms with E-state index >= 15 is 0 Å². The van der Waals surface area contributed by atoms with E-state index in [4.69, 9.17) is 0 Å². The second kappa shape index (κ2) is 11.8. The Labute approximate surface area is 192 Å². The van der Waals surface area contributed by atoms with Crippen LogP contribution in [0.5, 0.6) is 0 Å². The lowest BCUT2D eigenvalue weighted by molar-refractivity contribution is 0.160. The molecule has 3 fully saturated rings. The summed E-state index contributed by atoms with van der Waals surface area (Å²) in [7, 11) is -1.58. The molecule has 2 saturated carbocycles. The normalized spacial score (nSPS) is 35.9. The molecule has 0 aromatic rings.